The van der Waals surface area contributed by atoms with Crippen LogP contribution in [-0.2, 0) is 0 Å². The maximum Gasteiger partial charge on any atom is 0.254 e. The largest absolute Gasteiger partial charge is 0.506 e. The van der Waals surface area contributed by atoms with E-state index in [0.717, 1.165) is 22.4 Å². The molecule has 0 bridgehead atoms. The summed E-state index contributed by atoms with van der Waals surface area (Å²) in [4.78, 5) is 21.5. The molecule has 1 aromatic heterocycles. The highest BCUT2D eigenvalue weighted by molar-refractivity contribution is 5.97. The molecule has 0 radical (unpaired) electrons. The van der Waals surface area contributed by atoms with E-state index >= 15 is 0 Å². The predicted octanol–water partition coefficient (Wildman–Crippen LogP) is 3.69. The van der Waals surface area contributed by atoms with Crippen LogP contribution in [0.2, 0.25) is 0 Å². The number of rotatable bonds is 3. The molecular formula is C24H22N4O2. The summed E-state index contributed by atoms with van der Waals surface area (Å²) in [5.41, 5.74) is 4.29. The second kappa shape index (κ2) is 7.55. The van der Waals surface area contributed by atoms with Crippen LogP contribution in [0.3, 0.4) is 0 Å². The minimum Gasteiger partial charge on any atom is -0.506 e. The number of hydrogen-bond donors (Lipinski definition) is 1. The monoisotopic (exact) mass is 398 g/mol. The molecule has 1 N–H and O–H groups in total. The van der Waals surface area contributed by atoms with E-state index < -0.39 is 0 Å². The molecule has 0 saturated carbocycles. The Morgan fingerprint density at radius 2 is 1.60 bits per heavy atom. The first-order valence-electron chi connectivity index (χ1n) is 10.1. The third-order valence-corrected chi connectivity index (χ3v) is 5.62. The molecule has 6 heteroatoms. The molecule has 1 aliphatic heterocycles. The first-order chi connectivity index (χ1) is 14.7. The molecule has 0 aliphatic carbocycles. The summed E-state index contributed by atoms with van der Waals surface area (Å²) in [7, 11) is 0. The third kappa shape index (κ3) is 3.26. The molecule has 5 rings (SSSR count). The van der Waals surface area contributed by atoms with Crippen LogP contribution < -0.4 is 4.90 Å². The van der Waals surface area contributed by atoms with Gasteiger partial charge >= 0.3 is 0 Å². The Kier molecular flexibility index (Phi) is 4.59. The number of aromatic nitrogens is 2. The number of phenolic OH excluding ortho intramolecular Hbond substituents is 1. The second-order valence-corrected chi connectivity index (χ2v) is 7.42. The number of imidazole rings is 1. The topological polar surface area (TPSA) is 61.6 Å². The van der Waals surface area contributed by atoms with Crippen molar-refractivity contribution in [2.75, 3.05) is 31.1 Å². The molecule has 0 spiro atoms. The van der Waals surface area contributed by atoms with Crippen LogP contribution in [0.1, 0.15) is 10.4 Å². The van der Waals surface area contributed by atoms with Crippen molar-refractivity contribution in [1.82, 2.24) is 14.5 Å². The Morgan fingerprint density at radius 3 is 2.37 bits per heavy atom. The molecule has 3 aromatic carbocycles. The summed E-state index contributed by atoms with van der Waals surface area (Å²) in [5, 5.41) is 10.1. The van der Waals surface area contributed by atoms with Crippen LogP contribution in [0.5, 0.6) is 5.75 Å². The van der Waals surface area contributed by atoms with Gasteiger partial charge in [0.05, 0.1) is 16.7 Å². The molecule has 1 aliphatic rings. The van der Waals surface area contributed by atoms with Gasteiger partial charge in [0.25, 0.3) is 5.91 Å². The van der Waals surface area contributed by atoms with Gasteiger partial charge in [-0.15, -0.1) is 0 Å². The number of carbonyl (C=O) groups excluding carboxylic acids is 1. The highest BCUT2D eigenvalue weighted by Gasteiger charge is 2.24. The summed E-state index contributed by atoms with van der Waals surface area (Å²) in [6, 6.07) is 23.1. The van der Waals surface area contributed by atoms with Crippen molar-refractivity contribution >= 4 is 22.6 Å². The number of amides is 1. The Morgan fingerprint density at radius 1 is 0.867 bits per heavy atom. The normalized spacial score (nSPS) is 14.3. The minimum atomic E-state index is 0.0168. The van der Waals surface area contributed by atoms with Crippen molar-refractivity contribution < 1.29 is 9.90 Å². The second-order valence-electron chi connectivity index (χ2n) is 7.42. The van der Waals surface area contributed by atoms with Gasteiger partial charge in [-0.25, -0.2) is 4.98 Å². The van der Waals surface area contributed by atoms with Gasteiger partial charge in [-0.2, -0.15) is 0 Å². The van der Waals surface area contributed by atoms with Gasteiger partial charge in [-0.1, -0.05) is 30.3 Å². The van der Waals surface area contributed by atoms with Gasteiger partial charge < -0.3 is 14.9 Å². The Balaban J connectivity index is 1.33. The quantitative estimate of drug-likeness (QED) is 0.572. The molecule has 0 unspecified atom stereocenters. The van der Waals surface area contributed by atoms with Crippen LogP contribution in [0.4, 0.5) is 5.69 Å². The summed E-state index contributed by atoms with van der Waals surface area (Å²) in [6.07, 6.45) is 1.79. The molecule has 1 saturated heterocycles. The van der Waals surface area contributed by atoms with Crippen LogP contribution in [0.25, 0.3) is 16.7 Å². The first-order valence-corrected chi connectivity index (χ1v) is 10.1. The zero-order chi connectivity index (χ0) is 20.5. The standard InChI is InChI=1S/C24H22N4O2/c29-23-9-5-4-8-22(23)26-12-14-27(15-13-26)24(30)18-10-11-21-20(16-18)25-17-28(21)19-6-2-1-3-7-19/h1-11,16-17,29H,12-15H2. The van der Waals surface area contributed by atoms with Crippen LogP contribution in [-0.4, -0.2) is 51.6 Å². The van der Waals surface area contributed by atoms with Crippen LogP contribution in [0.15, 0.2) is 79.1 Å². The molecule has 1 fully saturated rings. The molecule has 6 nitrogen and oxygen atoms in total. The van der Waals surface area contributed by atoms with Crippen LogP contribution in [0, 0.1) is 0 Å². The van der Waals surface area contributed by atoms with Gasteiger partial charge in [-0.3, -0.25) is 9.36 Å². The van der Waals surface area contributed by atoms with E-state index in [0.29, 0.717) is 31.7 Å². The summed E-state index contributed by atoms with van der Waals surface area (Å²) >= 11 is 0. The van der Waals surface area contributed by atoms with E-state index in [-0.39, 0.29) is 11.7 Å². The fraction of sp³-hybridized carbons (Fsp3) is 0.167. The van der Waals surface area contributed by atoms with Crippen molar-refractivity contribution in [3.05, 3.63) is 84.7 Å². The summed E-state index contributed by atoms with van der Waals surface area (Å²) < 4.78 is 2.02. The molecule has 1 amide bonds. The Labute approximate surface area is 174 Å². The van der Waals surface area contributed by atoms with Gasteiger partial charge in [-0.05, 0) is 42.5 Å². The molecule has 30 heavy (non-hydrogen) atoms. The highest BCUT2D eigenvalue weighted by atomic mass is 16.3. The predicted molar refractivity (Wildman–Crippen MR) is 117 cm³/mol. The first kappa shape index (κ1) is 18.2. The average molecular weight is 398 g/mol. The fourth-order valence-corrected chi connectivity index (χ4v) is 4.00. The number of anilines is 1. The maximum atomic E-state index is 13.1. The molecule has 4 aromatic rings. The van der Waals surface area contributed by atoms with Crippen molar-refractivity contribution in [1.29, 1.82) is 0 Å². The minimum absolute atomic E-state index is 0.0168. The zero-order valence-electron chi connectivity index (χ0n) is 16.5. The number of para-hydroxylation sites is 3. The summed E-state index contributed by atoms with van der Waals surface area (Å²) in [5.74, 6) is 0.292. The van der Waals surface area contributed by atoms with Crippen LogP contribution >= 0.6 is 0 Å². The van der Waals surface area contributed by atoms with Crippen molar-refractivity contribution in [2.45, 2.75) is 0 Å². The number of carbonyl (C=O) groups is 1. The van der Waals surface area contributed by atoms with E-state index in [1.165, 1.54) is 0 Å². The van der Waals surface area contributed by atoms with Crippen molar-refractivity contribution in [3.8, 4) is 11.4 Å². The van der Waals surface area contributed by atoms with Gasteiger partial charge in [0.2, 0.25) is 0 Å². The lowest BCUT2D eigenvalue weighted by Crippen LogP contribution is -2.48. The smallest absolute Gasteiger partial charge is 0.254 e. The Bertz CT molecular complexity index is 1190. The van der Waals surface area contributed by atoms with E-state index in [1.54, 1.807) is 12.4 Å². The number of piperazine rings is 1. The van der Waals surface area contributed by atoms with Gasteiger partial charge in [0, 0.05) is 37.4 Å². The van der Waals surface area contributed by atoms with E-state index in [1.807, 2.05) is 76.2 Å². The maximum absolute atomic E-state index is 13.1. The number of fused-ring (bicyclic) bond motifs is 1. The SMILES string of the molecule is O=C(c1ccc2c(c1)ncn2-c1ccccc1)N1CCN(c2ccccc2O)CC1. The average Bonchev–Trinajstić information content (AvgIpc) is 3.23. The van der Waals surface area contributed by atoms with E-state index in [9.17, 15) is 9.90 Å². The summed E-state index contributed by atoms with van der Waals surface area (Å²) in [6.45, 7) is 2.61. The molecular weight excluding hydrogens is 376 g/mol. The Hall–Kier alpha value is -3.80. The highest BCUT2D eigenvalue weighted by Crippen LogP contribution is 2.27. The molecule has 0 atom stereocenters. The number of hydrogen-bond acceptors (Lipinski definition) is 4. The van der Waals surface area contributed by atoms with Gasteiger partial charge in [0.1, 0.15) is 12.1 Å². The lowest BCUT2D eigenvalue weighted by Gasteiger charge is -2.36. The third-order valence-electron chi connectivity index (χ3n) is 5.62. The molecule has 2 heterocycles. The van der Waals surface area contributed by atoms with Crippen molar-refractivity contribution in [3.63, 3.8) is 0 Å². The van der Waals surface area contributed by atoms with Crippen molar-refractivity contribution in [2.24, 2.45) is 0 Å². The lowest BCUT2D eigenvalue weighted by atomic mass is 10.1. The fourth-order valence-electron chi connectivity index (χ4n) is 4.00. The number of aromatic hydroxyl groups is 1. The lowest BCUT2D eigenvalue weighted by molar-refractivity contribution is 0.0747. The number of nitrogens with zero attached hydrogens (tertiary/aromatic N) is 4. The zero-order valence-corrected chi connectivity index (χ0v) is 16.5. The van der Waals surface area contributed by atoms with E-state index in [2.05, 4.69) is 9.88 Å². The number of benzene rings is 3. The van der Waals surface area contributed by atoms with Gasteiger partial charge in [0.15, 0.2) is 0 Å². The van der Waals surface area contributed by atoms with E-state index in [4.69, 9.17) is 0 Å². The molecule has 150 valence electrons. The number of phenols is 1.